The number of carbonyl (C=O) groups excluding carboxylic acids is 1. The van der Waals surface area contributed by atoms with E-state index < -0.39 is 0 Å². The minimum absolute atomic E-state index is 0.315. The number of hydrogen-bond donors (Lipinski definition) is 1. The summed E-state index contributed by atoms with van der Waals surface area (Å²) in [5.41, 5.74) is 5.58. The monoisotopic (exact) mass is 198 g/mol. The highest BCUT2D eigenvalue weighted by atomic mass is 16.2. The van der Waals surface area contributed by atoms with Crippen LogP contribution in [0.1, 0.15) is 39.5 Å². The third-order valence-electron chi connectivity index (χ3n) is 3.03. The summed E-state index contributed by atoms with van der Waals surface area (Å²) in [6.45, 7) is 5.74. The van der Waals surface area contributed by atoms with Crippen molar-refractivity contribution in [3.8, 4) is 0 Å². The Labute approximate surface area is 86.6 Å². The molecule has 0 aromatic rings. The van der Waals surface area contributed by atoms with Gasteiger partial charge in [-0.05, 0) is 32.2 Å². The minimum Gasteiger partial charge on any atom is -0.340 e. The molecule has 1 aliphatic heterocycles. The summed E-state index contributed by atoms with van der Waals surface area (Å²) in [6.07, 6.45) is 4.10. The van der Waals surface area contributed by atoms with Crippen LogP contribution in [0.5, 0.6) is 0 Å². The Kier molecular flexibility index (Phi) is 4.39. The Bertz CT molecular complexity index is 194. The maximum Gasteiger partial charge on any atom is 0.222 e. The van der Waals surface area contributed by atoms with Crippen LogP contribution in [-0.2, 0) is 4.79 Å². The fourth-order valence-electron chi connectivity index (χ4n) is 1.95. The highest BCUT2D eigenvalue weighted by molar-refractivity contribution is 5.76. The molecule has 3 nitrogen and oxygen atoms in total. The largest absolute Gasteiger partial charge is 0.340 e. The standard InChI is InChI=1S/C11H22N2O/c1-9(7-12)8-13-10(2)5-3-4-6-11(13)14/h9-10H,3-8,12H2,1-2H3. The lowest BCUT2D eigenvalue weighted by Gasteiger charge is -2.29. The van der Waals surface area contributed by atoms with E-state index in [1.807, 2.05) is 4.90 Å². The molecule has 82 valence electrons. The molecule has 0 aliphatic carbocycles. The Balaban J connectivity index is 2.56. The Morgan fingerprint density at radius 3 is 2.93 bits per heavy atom. The van der Waals surface area contributed by atoms with Crippen molar-refractivity contribution < 1.29 is 4.79 Å². The lowest BCUT2D eigenvalue weighted by atomic mass is 10.1. The third-order valence-corrected chi connectivity index (χ3v) is 3.03. The van der Waals surface area contributed by atoms with Crippen molar-refractivity contribution in [3.05, 3.63) is 0 Å². The van der Waals surface area contributed by atoms with Crippen LogP contribution < -0.4 is 5.73 Å². The smallest absolute Gasteiger partial charge is 0.222 e. The van der Waals surface area contributed by atoms with E-state index in [1.165, 1.54) is 6.42 Å². The predicted molar refractivity (Wildman–Crippen MR) is 57.9 cm³/mol. The summed E-state index contributed by atoms with van der Waals surface area (Å²) in [5.74, 6) is 0.731. The maximum absolute atomic E-state index is 11.8. The Morgan fingerprint density at radius 2 is 2.29 bits per heavy atom. The van der Waals surface area contributed by atoms with Crippen LogP contribution in [0.25, 0.3) is 0 Å². The number of likely N-dealkylation sites (tertiary alicyclic amines) is 1. The summed E-state index contributed by atoms with van der Waals surface area (Å²) in [6, 6.07) is 0.402. The summed E-state index contributed by atoms with van der Waals surface area (Å²) < 4.78 is 0. The van der Waals surface area contributed by atoms with E-state index in [0.717, 1.165) is 25.8 Å². The molecule has 1 heterocycles. The number of amides is 1. The van der Waals surface area contributed by atoms with E-state index in [9.17, 15) is 4.79 Å². The zero-order valence-corrected chi connectivity index (χ0v) is 9.33. The van der Waals surface area contributed by atoms with Crippen molar-refractivity contribution in [1.29, 1.82) is 0 Å². The van der Waals surface area contributed by atoms with Crippen LogP contribution in [0.2, 0.25) is 0 Å². The second-order valence-electron chi connectivity index (χ2n) is 4.48. The lowest BCUT2D eigenvalue weighted by Crippen LogP contribution is -2.41. The second kappa shape index (κ2) is 5.35. The van der Waals surface area contributed by atoms with Gasteiger partial charge in [-0.15, -0.1) is 0 Å². The molecule has 0 aromatic heterocycles. The molecule has 0 radical (unpaired) electrons. The van der Waals surface area contributed by atoms with E-state index in [-0.39, 0.29) is 0 Å². The molecule has 2 unspecified atom stereocenters. The first-order chi connectivity index (χ1) is 6.65. The molecule has 0 spiro atoms. The van der Waals surface area contributed by atoms with Gasteiger partial charge in [0, 0.05) is 19.0 Å². The molecule has 14 heavy (non-hydrogen) atoms. The van der Waals surface area contributed by atoms with Gasteiger partial charge in [-0.25, -0.2) is 0 Å². The van der Waals surface area contributed by atoms with Crippen molar-refractivity contribution in [3.63, 3.8) is 0 Å². The van der Waals surface area contributed by atoms with Crippen molar-refractivity contribution in [2.24, 2.45) is 11.7 Å². The minimum atomic E-state index is 0.315. The van der Waals surface area contributed by atoms with Gasteiger partial charge in [-0.3, -0.25) is 4.79 Å². The number of nitrogens with zero attached hydrogens (tertiary/aromatic N) is 1. The van der Waals surface area contributed by atoms with E-state index in [2.05, 4.69) is 13.8 Å². The van der Waals surface area contributed by atoms with Gasteiger partial charge in [0.25, 0.3) is 0 Å². The molecule has 3 heteroatoms. The molecule has 1 saturated heterocycles. The summed E-state index contributed by atoms with van der Waals surface area (Å²) >= 11 is 0. The van der Waals surface area contributed by atoms with E-state index in [4.69, 9.17) is 5.73 Å². The van der Waals surface area contributed by atoms with Crippen LogP contribution in [0.15, 0.2) is 0 Å². The summed E-state index contributed by atoms with van der Waals surface area (Å²) in [5, 5.41) is 0. The molecule has 2 atom stereocenters. The average Bonchev–Trinajstić information content (AvgIpc) is 2.32. The van der Waals surface area contributed by atoms with Crippen LogP contribution in [0, 0.1) is 5.92 Å². The van der Waals surface area contributed by atoms with Crippen LogP contribution in [0.3, 0.4) is 0 Å². The van der Waals surface area contributed by atoms with Crippen molar-refractivity contribution >= 4 is 5.91 Å². The first-order valence-electron chi connectivity index (χ1n) is 5.64. The predicted octanol–water partition coefficient (Wildman–Crippen LogP) is 1.37. The molecule has 0 aromatic carbocycles. The van der Waals surface area contributed by atoms with Gasteiger partial charge in [0.05, 0.1) is 0 Å². The van der Waals surface area contributed by atoms with Crippen molar-refractivity contribution in [2.75, 3.05) is 13.1 Å². The second-order valence-corrected chi connectivity index (χ2v) is 4.48. The fourth-order valence-corrected chi connectivity index (χ4v) is 1.95. The molecule has 1 aliphatic rings. The van der Waals surface area contributed by atoms with Gasteiger partial charge in [0.1, 0.15) is 0 Å². The zero-order valence-electron chi connectivity index (χ0n) is 9.33. The van der Waals surface area contributed by atoms with Gasteiger partial charge in [0.2, 0.25) is 5.91 Å². The van der Waals surface area contributed by atoms with Crippen molar-refractivity contribution in [1.82, 2.24) is 4.90 Å². The summed E-state index contributed by atoms with van der Waals surface area (Å²) in [7, 11) is 0. The van der Waals surface area contributed by atoms with Crippen molar-refractivity contribution in [2.45, 2.75) is 45.6 Å². The SMILES string of the molecule is CC(CN)CN1C(=O)CCCCC1C. The van der Waals surface area contributed by atoms with Crippen LogP contribution in [0.4, 0.5) is 0 Å². The van der Waals surface area contributed by atoms with Gasteiger partial charge in [-0.1, -0.05) is 13.3 Å². The molecule has 1 rings (SSSR count). The molecule has 1 amide bonds. The van der Waals surface area contributed by atoms with Gasteiger partial charge in [0.15, 0.2) is 0 Å². The van der Waals surface area contributed by atoms with Crippen LogP contribution >= 0.6 is 0 Å². The summed E-state index contributed by atoms with van der Waals surface area (Å²) in [4.78, 5) is 13.8. The molecular weight excluding hydrogens is 176 g/mol. The van der Waals surface area contributed by atoms with E-state index in [1.54, 1.807) is 0 Å². The highest BCUT2D eigenvalue weighted by Gasteiger charge is 2.23. The Morgan fingerprint density at radius 1 is 1.57 bits per heavy atom. The Hall–Kier alpha value is -0.570. The first kappa shape index (κ1) is 11.5. The maximum atomic E-state index is 11.8. The van der Waals surface area contributed by atoms with Gasteiger partial charge >= 0.3 is 0 Å². The number of carbonyl (C=O) groups is 1. The zero-order chi connectivity index (χ0) is 10.6. The molecule has 2 N–H and O–H groups in total. The topological polar surface area (TPSA) is 46.3 Å². The first-order valence-corrected chi connectivity index (χ1v) is 5.64. The lowest BCUT2D eigenvalue weighted by molar-refractivity contribution is -0.133. The third kappa shape index (κ3) is 2.98. The normalized spacial score (nSPS) is 26.1. The fraction of sp³-hybridized carbons (Fsp3) is 0.909. The quantitative estimate of drug-likeness (QED) is 0.744. The number of rotatable bonds is 3. The number of hydrogen-bond acceptors (Lipinski definition) is 2. The van der Waals surface area contributed by atoms with E-state index >= 15 is 0 Å². The van der Waals surface area contributed by atoms with Crippen LogP contribution in [-0.4, -0.2) is 29.9 Å². The van der Waals surface area contributed by atoms with E-state index in [0.29, 0.717) is 24.4 Å². The molecule has 1 fully saturated rings. The molecular formula is C11H22N2O. The van der Waals surface area contributed by atoms with Gasteiger partial charge < -0.3 is 10.6 Å². The highest BCUT2D eigenvalue weighted by Crippen LogP contribution is 2.18. The number of nitrogens with two attached hydrogens (primary N) is 1. The van der Waals surface area contributed by atoms with Gasteiger partial charge in [-0.2, -0.15) is 0 Å². The average molecular weight is 198 g/mol. The molecule has 0 saturated carbocycles. The molecule has 0 bridgehead atoms.